The maximum atomic E-state index is 5.62. The molecule has 0 aliphatic rings. The minimum atomic E-state index is -0.289. The van der Waals surface area contributed by atoms with Gasteiger partial charge in [-0.25, -0.2) is 0 Å². The van der Waals surface area contributed by atoms with E-state index in [9.17, 15) is 0 Å². The van der Waals surface area contributed by atoms with Crippen LogP contribution in [-0.2, 0) is 4.43 Å². The Hall–Kier alpha value is -0.803. The lowest BCUT2D eigenvalue weighted by Gasteiger charge is -2.06. The third-order valence-corrected chi connectivity index (χ3v) is 3.75. The SMILES string of the molecule is CCCCC[SiH2]OCCOc1ccccc1. The van der Waals surface area contributed by atoms with Crippen LogP contribution < -0.4 is 4.74 Å². The van der Waals surface area contributed by atoms with E-state index in [1.165, 1.54) is 25.3 Å². The van der Waals surface area contributed by atoms with Crippen LogP contribution in [0.5, 0.6) is 5.75 Å². The van der Waals surface area contributed by atoms with Crippen LogP contribution in [0.15, 0.2) is 30.3 Å². The Morgan fingerprint density at radius 2 is 1.88 bits per heavy atom. The van der Waals surface area contributed by atoms with Gasteiger partial charge in [0.25, 0.3) is 0 Å². The van der Waals surface area contributed by atoms with Crippen molar-refractivity contribution in [2.75, 3.05) is 13.2 Å². The Labute approximate surface area is 101 Å². The molecule has 0 N–H and O–H groups in total. The molecule has 0 spiro atoms. The van der Waals surface area contributed by atoms with Gasteiger partial charge in [0.05, 0.1) is 6.61 Å². The molecule has 90 valence electrons. The summed E-state index contributed by atoms with van der Waals surface area (Å²) in [5.41, 5.74) is 0. The van der Waals surface area contributed by atoms with Gasteiger partial charge in [-0.05, 0) is 18.2 Å². The fourth-order valence-corrected chi connectivity index (χ4v) is 2.55. The monoisotopic (exact) mass is 238 g/mol. The fraction of sp³-hybridized carbons (Fsp3) is 0.538. The molecule has 0 unspecified atom stereocenters. The first-order chi connectivity index (χ1) is 7.93. The van der Waals surface area contributed by atoms with Crippen molar-refractivity contribution >= 4 is 9.76 Å². The van der Waals surface area contributed by atoms with Gasteiger partial charge in [-0.1, -0.05) is 44.4 Å². The Kier molecular flexibility index (Phi) is 7.81. The van der Waals surface area contributed by atoms with E-state index >= 15 is 0 Å². The van der Waals surface area contributed by atoms with E-state index in [0.717, 1.165) is 12.4 Å². The normalized spacial score (nSPS) is 11.1. The van der Waals surface area contributed by atoms with Gasteiger partial charge in [-0.15, -0.1) is 0 Å². The Morgan fingerprint density at radius 3 is 2.62 bits per heavy atom. The number of unbranched alkanes of at least 4 members (excludes halogenated alkanes) is 2. The van der Waals surface area contributed by atoms with Gasteiger partial charge in [-0.3, -0.25) is 0 Å². The van der Waals surface area contributed by atoms with E-state index < -0.39 is 0 Å². The molecule has 0 atom stereocenters. The Balaban J connectivity index is 1.89. The number of hydrogen-bond donors (Lipinski definition) is 0. The second-order valence-corrected chi connectivity index (χ2v) is 5.36. The zero-order valence-electron chi connectivity index (χ0n) is 10.2. The molecule has 0 radical (unpaired) electrons. The topological polar surface area (TPSA) is 18.5 Å². The van der Waals surface area contributed by atoms with Crippen molar-refractivity contribution in [2.45, 2.75) is 32.2 Å². The van der Waals surface area contributed by atoms with Crippen LogP contribution in [0.4, 0.5) is 0 Å². The molecule has 0 aliphatic heterocycles. The predicted molar refractivity (Wildman–Crippen MR) is 70.8 cm³/mol. The summed E-state index contributed by atoms with van der Waals surface area (Å²) in [4.78, 5) is 0. The summed E-state index contributed by atoms with van der Waals surface area (Å²) in [5.74, 6) is 0.929. The molecular formula is C13H22O2Si. The van der Waals surface area contributed by atoms with Gasteiger partial charge in [0.2, 0.25) is 0 Å². The molecule has 0 heterocycles. The average molecular weight is 238 g/mol. The van der Waals surface area contributed by atoms with Crippen molar-refractivity contribution < 1.29 is 9.16 Å². The average Bonchev–Trinajstić information content (AvgIpc) is 2.34. The van der Waals surface area contributed by atoms with E-state index in [2.05, 4.69) is 6.92 Å². The van der Waals surface area contributed by atoms with Crippen LogP contribution >= 0.6 is 0 Å². The quantitative estimate of drug-likeness (QED) is 0.486. The molecule has 1 rings (SSSR count). The molecule has 0 bridgehead atoms. The van der Waals surface area contributed by atoms with E-state index in [0.29, 0.717) is 6.61 Å². The number of ether oxygens (including phenoxy) is 1. The minimum Gasteiger partial charge on any atom is -0.491 e. The Bertz CT molecular complexity index is 251. The van der Waals surface area contributed by atoms with Gasteiger partial charge in [0, 0.05) is 0 Å². The Morgan fingerprint density at radius 1 is 1.06 bits per heavy atom. The third-order valence-electron chi connectivity index (χ3n) is 2.38. The molecule has 0 aliphatic carbocycles. The highest BCUT2D eigenvalue weighted by Gasteiger charge is 1.93. The lowest BCUT2D eigenvalue weighted by Crippen LogP contribution is -2.09. The fourth-order valence-electron chi connectivity index (χ4n) is 1.47. The summed E-state index contributed by atoms with van der Waals surface area (Å²) in [6, 6.07) is 11.2. The number of rotatable bonds is 9. The highest BCUT2D eigenvalue weighted by molar-refractivity contribution is 6.26. The van der Waals surface area contributed by atoms with E-state index in [1.54, 1.807) is 0 Å². The van der Waals surface area contributed by atoms with Crippen LogP contribution in [0.25, 0.3) is 0 Å². The lowest BCUT2D eigenvalue weighted by atomic mass is 10.3. The van der Waals surface area contributed by atoms with E-state index in [1.807, 2.05) is 30.3 Å². The van der Waals surface area contributed by atoms with Crippen molar-refractivity contribution in [2.24, 2.45) is 0 Å². The molecule has 2 nitrogen and oxygen atoms in total. The number of para-hydroxylation sites is 1. The molecule has 0 amide bonds. The molecule has 1 aromatic carbocycles. The van der Waals surface area contributed by atoms with Crippen LogP contribution in [0.3, 0.4) is 0 Å². The predicted octanol–water partition coefficient (Wildman–Crippen LogP) is 2.77. The number of hydrogen-bond acceptors (Lipinski definition) is 2. The smallest absolute Gasteiger partial charge is 0.161 e. The zero-order chi connectivity index (χ0) is 11.5. The lowest BCUT2D eigenvalue weighted by molar-refractivity contribution is 0.223. The highest BCUT2D eigenvalue weighted by atomic mass is 28.2. The molecule has 0 aromatic heterocycles. The summed E-state index contributed by atoms with van der Waals surface area (Å²) in [7, 11) is -0.289. The van der Waals surface area contributed by atoms with Gasteiger partial charge in [0.15, 0.2) is 9.76 Å². The second kappa shape index (κ2) is 9.42. The van der Waals surface area contributed by atoms with Crippen LogP contribution in [0.1, 0.15) is 26.2 Å². The largest absolute Gasteiger partial charge is 0.491 e. The van der Waals surface area contributed by atoms with Crippen molar-refractivity contribution in [3.05, 3.63) is 30.3 Å². The van der Waals surface area contributed by atoms with Gasteiger partial charge >= 0.3 is 0 Å². The standard InChI is InChI=1S/C13H22O2Si/c1-2-3-7-12-16-15-11-10-14-13-8-5-4-6-9-13/h4-6,8-9H,2-3,7,10-12,16H2,1H3. The first-order valence-corrected chi connectivity index (χ1v) is 7.77. The molecule has 0 saturated heterocycles. The summed E-state index contributed by atoms with van der Waals surface area (Å²) < 4.78 is 11.1. The van der Waals surface area contributed by atoms with Crippen molar-refractivity contribution in [3.8, 4) is 5.75 Å². The van der Waals surface area contributed by atoms with Crippen molar-refractivity contribution in [3.63, 3.8) is 0 Å². The maximum absolute atomic E-state index is 5.62. The van der Waals surface area contributed by atoms with Crippen molar-refractivity contribution in [1.82, 2.24) is 0 Å². The molecule has 16 heavy (non-hydrogen) atoms. The van der Waals surface area contributed by atoms with E-state index in [4.69, 9.17) is 9.16 Å². The molecular weight excluding hydrogens is 216 g/mol. The zero-order valence-corrected chi connectivity index (χ0v) is 11.6. The summed E-state index contributed by atoms with van der Waals surface area (Å²) in [6.45, 7) is 3.65. The third kappa shape index (κ3) is 6.64. The number of benzene rings is 1. The summed E-state index contributed by atoms with van der Waals surface area (Å²) >= 11 is 0. The highest BCUT2D eigenvalue weighted by Crippen LogP contribution is 2.07. The summed E-state index contributed by atoms with van der Waals surface area (Å²) in [5, 5.41) is 0. The molecule has 0 fully saturated rings. The van der Waals surface area contributed by atoms with E-state index in [-0.39, 0.29) is 9.76 Å². The van der Waals surface area contributed by atoms with Crippen molar-refractivity contribution in [1.29, 1.82) is 0 Å². The van der Waals surface area contributed by atoms with Gasteiger partial charge in [0.1, 0.15) is 12.4 Å². The maximum Gasteiger partial charge on any atom is 0.161 e. The van der Waals surface area contributed by atoms with Crippen LogP contribution in [0, 0.1) is 0 Å². The summed E-state index contributed by atoms with van der Waals surface area (Å²) in [6.07, 6.45) is 3.98. The second-order valence-electron chi connectivity index (χ2n) is 3.83. The molecule has 3 heteroatoms. The molecule has 0 saturated carbocycles. The van der Waals surface area contributed by atoms with Gasteiger partial charge in [-0.2, -0.15) is 0 Å². The van der Waals surface area contributed by atoms with Crippen LogP contribution in [0.2, 0.25) is 6.04 Å². The first kappa shape index (κ1) is 13.3. The van der Waals surface area contributed by atoms with Crippen LogP contribution in [-0.4, -0.2) is 23.0 Å². The molecule has 1 aromatic rings. The minimum absolute atomic E-state index is 0.289. The first-order valence-electron chi connectivity index (χ1n) is 6.19. The van der Waals surface area contributed by atoms with Gasteiger partial charge < -0.3 is 9.16 Å².